The molecule has 0 atom stereocenters. The van der Waals surface area contributed by atoms with Crippen molar-refractivity contribution in [1.29, 1.82) is 5.41 Å². The fraction of sp³-hybridized carbons (Fsp3) is 0.643. The average Bonchev–Trinajstić information content (AvgIpc) is 2.75. The zero-order valence-corrected chi connectivity index (χ0v) is 10.8. The largest absolute Gasteiger partial charge is 0.464 e. The summed E-state index contributed by atoms with van der Waals surface area (Å²) in [6, 6.07) is 3.98. The van der Waals surface area contributed by atoms with Crippen molar-refractivity contribution in [2.45, 2.75) is 45.6 Å². The van der Waals surface area contributed by atoms with Gasteiger partial charge < -0.3 is 9.32 Å². The lowest BCUT2D eigenvalue weighted by molar-refractivity contribution is 0.355. The topological polar surface area (TPSA) is 40.2 Å². The van der Waals surface area contributed by atoms with E-state index in [4.69, 9.17) is 9.83 Å². The maximum absolute atomic E-state index is 8.23. The number of furan rings is 1. The molecule has 1 fully saturated rings. The number of hydrogen-bond donors (Lipinski definition) is 1. The molecule has 1 aromatic heterocycles. The average molecular weight is 234 g/mol. The van der Waals surface area contributed by atoms with Crippen molar-refractivity contribution < 1.29 is 4.42 Å². The zero-order valence-electron chi connectivity index (χ0n) is 10.8. The monoisotopic (exact) mass is 234 g/mol. The number of aryl methyl sites for hydroxylation is 1. The van der Waals surface area contributed by atoms with Crippen LogP contribution in [0.3, 0.4) is 0 Å². The molecule has 1 aliphatic carbocycles. The van der Waals surface area contributed by atoms with E-state index in [0.717, 1.165) is 17.4 Å². The smallest absolute Gasteiger partial charge is 0.123 e. The predicted molar refractivity (Wildman–Crippen MR) is 69.2 cm³/mol. The Bertz CT molecular complexity index is 377. The van der Waals surface area contributed by atoms with Gasteiger partial charge >= 0.3 is 0 Å². The van der Waals surface area contributed by atoms with Gasteiger partial charge in [-0.3, -0.25) is 5.41 Å². The minimum atomic E-state index is 0.463. The summed E-state index contributed by atoms with van der Waals surface area (Å²) >= 11 is 0. The van der Waals surface area contributed by atoms with Gasteiger partial charge in [0, 0.05) is 13.0 Å². The van der Waals surface area contributed by atoms with Crippen LogP contribution in [0.2, 0.25) is 0 Å². The van der Waals surface area contributed by atoms with E-state index >= 15 is 0 Å². The van der Waals surface area contributed by atoms with Gasteiger partial charge in [0.15, 0.2) is 0 Å². The Balaban J connectivity index is 1.90. The van der Waals surface area contributed by atoms with Crippen LogP contribution in [0.4, 0.5) is 0 Å². The summed E-state index contributed by atoms with van der Waals surface area (Å²) < 4.78 is 5.55. The number of rotatable bonds is 3. The Morgan fingerprint density at radius 2 is 2.06 bits per heavy atom. The summed E-state index contributed by atoms with van der Waals surface area (Å²) in [6.45, 7) is 2.67. The van der Waals surface area contributed by atoms with Gasteiger partial charge in [-0.1, -0.05) is 19.3 Å². The Kier molecular flexibility index (Phi) is 3.87. The lowest BCUT2D eigenvalue weighted by Crippen LogP contribution is -2.32. The summed E-state index contributed by atoms with van der Waals surface area (Å²) in [5, 5.41) is 8.23. The van der Waals surface area contributed by atoms with E-state index < -0.39 is 0 Å². The fourth-order valence-electron chi connectivity index (χ4n) is 2.58. The molecule has 0 radical (unpaired) electrons. The minimum Gasteiger partial charge on any atom is -0.464 e. The molecule has 1 aromatic rings. The molecule has 3 nitrogen and oxygen atoms in total. The van der Waals surface area contributed by atoms with Gasteiger partial charge in [0.2, 0.25) is 0 Å². The second kappa shape index (κ2) is 5.39. The molecule has 2 rings (SSSR count). The number of amidine groups is 1. The maximum Gasteiger partial charge on any atom is 0.123 e. The second-order valence-electron chi connectivity index (χ2n) is 5.09. The van der Waals surface area contributed by atoms with E-state index in [0.29, 0.717) is 12.5 Å². The Hall–Kier alpha value is -1.25. The van der Waals surface area contributed by atoms with E-state index in [9.17, 15) is 0 Å². The van der Waals surface area contributed by atoms with E-state index in [1.54, 1.807) is 0 Å². The zero-order chi connectivity index (χ0) is 12.3. The van der Waals surface area contributed by atoms with Gasteiger partial charge in [0.05, 0.1) is 12.4 Å². The molecule has 0 aromatic carbocycles. The van der Waals surface area contributed by atoms with Crippen LogP contribution in [-0.2, 0) is 6.54 Å². The van der Waals surface area contributed by atoms with Crippen LogP contribution in [0.1, 0.15) is 43.6 Å². The molecule has 1 saturated carbocycles. The Labute approximate surface area is 103 Å². The Morgan fingerprint density at radius 1 is 1.35 bits per heavy atom. The van der Waals surface area contributed by atoms with Gasteiger partial charge in [-0.25, -0.2) is 0 Å². The number of nitrogens with zero attached hydrogens (tertiary/aromatic N) is 1. The molecule has 17 heavy (non-hydrogen) atoms. The summed E-state index contributed by atoms with van der Waals surface area (Å²) in [6.07, 6.45) is 6.26. The van der Waals surface area contributed by atoms with Crippen molar-refractivity contribution in [2.24, 2.45) is 5.92 Å². The van der Waals surface area contributed by atoms with Crippen molar-refractivity contribution in [3.8, 4) is 0 Å². The van der Waals surface area contributed by atoms with E-state index in [-0.39, 0.29) is 0 Å². The van der Waals surface area contributed by atoms with Crippen molar-refractivity contribution in [1.82, 2.24) is 4.90 Å². The molecular formula is C14H22N2O. The normalized spacial score (nSPS) is 17.1. The molecule has 0 bridgehead atoms. The van der Waals surface area contributed by atoms with Crippen molar-refractivity contribution in [3.63, 3.8) is 0 Å². The van der Waals surface area contributed by atoms with E-state index in [1.807, 2.05) is 31.0 Å². The third kappa shape index (κ3) is 3.11. The highest BCUT2D eigenvalue weighted by atomic mass is 16.3. The lowest BCUT2D eigenvalue weighted by atomic mass is 9.88. The van der Waals surface area contributed by atoms with Crippen LogP contribution in [-0.4, -0.2) is 17.8 Å². The fourth-order valence-corrected chi connectivity index (χ4v) is 2.58. The first-order chi connectivity index (χ1) is 8.16. The third-order valence-electron chi connectivity index (χ3n) is 3.59. The Morgan fingerprint density at radius 3 is 2.65 bits per heavy atom. The summed E-state index contributed by atoms with van der Waals surface area (Å²) in [7, 11) is 1.99. The van der Waals surface area contributed by atoms with Crippen molar-refractivity contribution in [3.05, 3.63) is 23.7 Å². The van der Waals surface area contributed by atoms with Crippen LogP contribution in [0.25, 0.3) is 0 Å². The van der Waals surface area contributed by atoms with E-state index in [2.05, 4.69) is 0 Å². The summed E-state index contributed by atoms with van der Waals surface area (Å²) in [4.78, 5) is 2.02. The van der Waals surface area contributed by atoms with Gasteiger partial charge in [-0.15, -0.1) is 0 Å². The van der Waals surface area contributed by atoms with E-state index in [1.165, 1.54) is 32.1 Å². The highest BCUT2D eigenvalue weighted by molar-refractivity contribution is 5.81. The first kappa shape index (κ1) is 12.2. The van der Waals surface area contributed by atoms with Crippen LogP contribution in [0.15, 0.2) is 16.5 Å². The maximum atomic E-state index is 8.23. The molecule has 0 amide bonds. The van der Waals surface area contributed by atoms with Gasteiger partial charge in [-0.05, 0) is 31.9 Å². The van der Waals surface area contributed by atoms with Crippen LogP contribution in [0, 0.1) is 18.3 Å². The summed E-state index contributed by atoms with van der Waals surface area (Å²) in [5.74, 6) is 3.13. The molecule has 1 heterocycles. The number of hydrogen-bond acceptors (Lipinski definition) is 2. The molecule has 3 heteroatoms. The molecule has 1 N–H and O–H groups in total. The first-order valence-corrected chi connectivity index (χ1v) is 6.51. The number of nitrogens with one attached hydrogen (secondary N) is 1. The molecule has 0 aliphatic heterocycles. The minimum absolute atomic E-state index is 0.463. The standard InChI is InChI=1S/C14H22N2O/c1-11-8-9-13(17-11)10-16(2)14(15)12-6-4-3-5-7-12/h8-9,12,15H,3-7,10H2,1-2H3. The van der Waals surface area contributed by atoms with Crippen LogP contribution in [0.5, 0.6) is 0 Å². The van der Waals surface area contributed by atoms with Gasteiger partial charge in [-0.2, -0.15) is 0 Å². The van der Waals surface area contributed by atoms with Crippen molar-refractivity contribution in [2.75, 3.05) is 7.05 Å². The molecule has 0 saturated heterocycles. The molecular weight excluding hydrogens is 212 g/mol. The van der Waals surface area contributed by atoms with Gasteiger partial charge in [0.25, 0.3) is 0 Å². The van der Waals surface area contributed by atoms with Gasteiger partial charge in [0.1, 0.15) is 11.5 Å². The summed E-state index contributed by atoms with van der Waals surface area (Å²) in [5.41, 5.74) is 0. The molecule has 94 valence electrons. The highest BCUT2D eigenvalue weighted by Crippen LogP contribution is 2.25. The quantitative estimate of drug-likeness (QED) is 0.641. The van der Waals surface area contributed by atoms with Crippen molar-refractivity contribution >= 4 is 5.84 Å². The highest BCUT2D eigenvalue weighted by Gasteiger charge is 2.21. The molecule has 0 spiro atoms. The molecule has 1 aliphatic rings. The van der Waals surface area contributed by atoms with Crippen LogP contribution >= 0.6 is 0 Å². The molecule has 0 unspecified atom stereocenters. The predicted octanol–water partition coefficient (Wildman–Crippen LogP) is 3.58. The second-order valence-corrected chi connectivity index (χ2v) is 5.09. The SMILES string of the molecule is Cc1ccc(CN(C)C(=N)C2CCCCC2)o1. The lowest BCUT2D eigenvalue weighted by Gasteiger charge is -2.28. The first-order valence-electron chi connectivity index (χ1n) is 6.51. The van der Waals surface area contributed by atoms with Crippen LogP contribution < -0.4 is 0 Å². The third-order valence-corrected chi connectivity index (χ3v) is 3.59.